The van der Waals surface area contributed by atoms with Crippen LogP contribution in [0.5, 0.6) is 0 Å². The molecular formula is C14H18N4O. The number of aryl methyl sites for hydroxylation is 2. The molecule has 2 aromatic heterocycles. The molecule has 0 atom stereocenters. The summed E-state index contributed by atoms with van der Waals surface area (Å²) in [4.78, 5) is 16.0. The van der Waals surface area contributed by atoms with Crippen LogP contribution >= 0.6 is 0 Å². The Kier molecular flexibility index (Phi) is 4.28. The summed E-state index contributed by atoms with van der Waals surface area (Å²) >= 11 is 0. The highest BCUT2D eigenvalue weighted by Gasteiger charge is 2.12. The molecule has 1 N–H and O–H groups in total. The highest BCUT2D eigenvalue weighted by molar-refractivity contribution is 5.92. The molecule has 5 nitrogen and oxygen atoms in total. The average molecular weight is 258 g/mol. The third-order valence-electron chi connectivity index (χ3n) is 2.88. The number of hydrogen-bond acceptors (Lipinski definition) is 3. The number of aromatic nitrogens is 3. The van der Waals surface area contributed by atoms with Crippen molar-refractivity contribution in [3.63, 3.8) is 0 Å². The molecule has 0 spiro atoms. The van der Waals surface area contributed by atoms with Gasteiger partial charge in [0.1, 0.15) is 5.69 Å². The van der Waals surface area contributed by atoms with Crippen molar-refractivity contribution >= 4 is 5.91 Å². The predicted molar refractivity (Wildman–Crippen MR) is 72.9 cm³/mol. The summed E-state index contributed by atoms with van der Waals surface area (Å²) in [5.74, 6) is -0.0727. The Morgan fingerprint density at radius 1 is 1.37 bits per heavy atom. The number of pyridine rings is 1. The lowest BCUT2D eigenvalue weighted by atomic mass is 10.2. The quantitative estimate of drug-likeness (QED) is 0.885. The highest BCUT2D eigenvalue weighted by Crippen LogP contribution is 2.04. The zero-order chi connectivity index (χ0) is 13.7. The largest absolute Gasteiger partial charge is 0.350 e. The number of amides is 1. The summed E-state index contributed by atoms with van der Waals surface area (Å²) in [6, 6.07) is 5.71. The molecule has 0 radical (unpaired) electrons. The standard InChI is InChI=1S/C14H18N4O/c1-3-18-13(10-11(2)17-18)14(19)16-9-6-12-4-7-15-8-5-12/h4-5,7-8,10H,3,6,9H2,1-2H3,(H,16,19). The third-order valence-corrected chi connectivity index (χ3v) is 2.88. The first-order valence-corrected chi connectivity index (χ1v) is 6.42. The smallest absolute Gasteiger partial charge is 0.269 e. The molecule has 0 aliphatic rings. The van der Waals surface area contributed by atoms with Crippen LogP contribution in [0.4, 0.5) is 0 Å². The van der Waals surface area contributed by atoms with Crippen molar-refractivity contribution in [2.24, 2.45) is 0 Å². The highest BCUT2D eigenvalue weighted by atomic mass is 16.2. The fraction of sp³-hybridized carbons (Fsp3) is 0.357. The monoisotopic (exact) mass is 258 g/mol. The lowest BCUT2D eigenvalue weighted by molar-refractivity contribution is 0.0943. The van der Waals surface area contributed by atoms with Crippen LogP contribution in [0.1, 0.15) is 28.7 Å². The molecule has 5 heteroatoms. The maximum absolute atomic E-state index is 12.0. The predicted octanol–water partition coefficient (Wildman–Crippen LogP) is 1.58. The maximum Gasteiger partial charge on any atom is 0.269 e. The van der Waals surface area contributed by atoms with Gasteiger partial charge in [-0.2, -0.15) is 5.10 Å². The van der Waals surface area contributed by atoms with E-state index in [1.807, 2.05) is 32.0 Å². The van der Waals surface area contributed by atoms with Crippen LogP contribution in [-0.4, -0.2) is 27.2 Å². The number of hydrogen-bond donors (Lipinski definition) is 1. The Morgan fingerprint density at radius 2 is 2.11 bits per heavy atom. The lowest BCUT2D eigenvalue weighted by Gasteiger charge is -2.06. The first-order chi connectivity index (χ1) is 9.20. The fourth-order valence-corrected chi connectivity index (χ4v) is 1.93. The molecular weight excluding hydrogens is 240 g/mol. The van der Waals surface area contributed by atoms with Gasteiger partial charge in [0, 0.05) is 25.5 Å². The Bertz CT molecular complexity index is 548. The van der Waals surface area contributed by atoms with Gasteiger partial charge in [-0.3, -0.25) is 14.5 Å². The van der Waals surface area contributed by atoms with Crippen LogP contribution < -0.4 is 5.32 Å². The van der Waals surface area contributed by atoms with Crippen molar-refractivity contribution in [3.8, 4) is 0 Å². The molecule has 0 saturated heterocycles. The number of nitrogens with one attached hydrogen (secondary N) is 1. The SMILES string of the molecule is CCn1nc(C)cc1C(=O)NCCc1ccncc1. The minimum Gasteiger partial charge on any atom is -0.350 e. The third kappa shape index (κ3) is 3.40. The number of rotatable bonds is 5. The van der Waals surface area contributed by atoms with Crippen LogP contribution in [0.15, 0.2) is 30.6 Å². The van der Waals surface area contributed by atoms with Gasteiger partial charge in [-0.15, -0.1) is 0 Å². The zero-order valence-electron chi connectivity index (χ0n) is 11.3. The van der Waals surface area contributed by atoms with Gasteiger partial charge in [0.05, 0.1) is 5.69 Å². The minimum absolute atomic E-state index is 0.0727. The van der Waals surface area contributed by atoms with Crippen LogP contribution in [-0.2, 0) is 13.0 Å². The second-order valence-corrected chi connectivity index (χ2v) is 4.35. The van der Waals surface area contributed by atoms with Gasteiger partial charge in [0.25, 0.3) is 5.91 Å². The second-order valence-electron chi connectivity index (χ2n) is 4.35. The zero-order valence-corrected chi connectivity index (χ0v) is 11.3. The molecule has 2 aromatic rings. The average Bonchev–Trinajstić information content (AvgIpc) is 2.81. The first-order valence-electron chi connectivity index (χ1n) is 6.42. The van der Waals surface area contributed by atoms with Crippen molar-refractivity contribution in [2.45, 2.75) is 26.8 Å². The Labute approximate surface area is 112 Å². The van der Waals surface area contributed by atoms with Crippen molar-refractivity contribution < 1.29 is 4.79 Å². The van der Waals surface area contributed by atoms with Gasteiger partial charge >= 0.3 is 0 Å². The van der Waals surface area contributed by atoms with Gasteiger partial charge < -0.3 is 5.32 Å². The van der Waals surface area contributed by atoms with E-state index in [-0.39, 0.29) is 5.91 Å². The van der Waals surface area contributed by atoms with Gasteiger partial charge in [0.2, 0.25) is 0 Å². The van der Waals surface area contributed by atoms with Crippen molar-refractivity contribution in [3.05, 3.63) is 47.5 Å². The lowest BCUT2D eigenvalue weighted by Crippen LogP contribution is -2.28. The van der Waals surface area contributed by atoms with E-state index in [1.165, 1.54) is 0 Å². The molecule has 100 valence electrons. The van der Waals surface area contributed by atoms with Crippen LogP contribution in [0.3, 0.4) is 0 Å². The Hall–Kier alpha value is -2.17. The van der Waals surface area contributed by atoms with Gasteiger partial charge in [-0.05, 0) is 44.0 Å². The summed E-state index contributed by atoms with van der Waals surface area (Å²) < 4.78 is 1.72. The Morgan fingerprint density at radius 3 is 2.79 bits per heavy atom. The molecule has 0 fully saturated rings. The normalized spacial score (nSPS) is 10.4. The molecule has 0 aromatic carbocycles. The van der Waals surface area contributed by atoms with E-state index in [1.54, 1.807) is 17.1 Å². The minimum atomic E-state index is -0.0727. The van der Waals surface area contributed by atoms with E-state index in [0.717, 1.165) is 17.7 Å². The number of nitrogens with zero attached hydrogens (tertiary/aromatic N) is 3. The summed E-state index contributed by atoms with van der Waals surface area (Å²) in [5, 5.41) is 7.18. The molecule has 2 heterocycles. The van der Waals surface area contributed by atoms with E-state index in [9.17, 15) is 4.79 Å². The van der Waals surface area contributed by atoms with E-state index < -0.39 is 0 Å². The molecule has 0 aliphatic heterocycles. The van der Waals surface area contributed by atoms with Crippen LogP contribution in [0, 0.1) is 6.92 Å². The van der Waals surface area contributed by atoms with E-state index in [2.05, 4.69) is 15.4 Å². The van der Waals surface area contributed by atoms with Crippen LogP contribution in [0.2, 0.25) is 0 Å². The van der Waals surface area contributed by atoms with Crippen molar-refractivity contribution in [2.75, 3.05) is 6.54 Å². The number of carbonyl (C=O) groups excluding carboxylic acids is 1. The van der Waals surface area contributed by atoms with E-state index in [0.29, 0.717) is 18.8 Å². The van der Waals surface area contributed by atoms with Gasteiger partial charge in [-0.1, -0.05) is 0 Å². The summed E-state index contributed by atoms with van der Waals surface area (Å²) in [6.45, 7) is 5.16. The number of carbonyl (C=O) groups is 1. The summed E-state index contributed by atoms with van der Waals surface area (Å²) in [6.07, 6.45) is 4.31. The van der Waals surface area contributed by atoms with Crippen molar-refractivity contribution in [1.82, 2.24) is 20.1 Å². The molecule has 2 rings (SSSR count). The topological polar surface area (TPSA) is 59.8 Å². The molecule has 1 amide bonds. The molecule has 0 aliphatic carbocycles. The fourth-order valence-electron chi connectivity index (χ4n) is 1.93. The van der Waals surface area contributed by atoms with E-state index >= 15 is 0 Å². The second kappa shape index (κ2) is 6.13. The molecule has 0 unspecified atom stereocenters. The van der Waals surface area contributed by atoms with E-state index in [4.69, 9.17) is 0 Å². The summed E-state index contributed by atoms with van der Waals surface area (Å²) in [5.41, 5.74) is 2.64. The van der Waals surface area contributed by atoms with Gasteiger partial charge in [0.15, 0.2) is 0 Å². The van der Waals surface area contributed by atoms with Crippen LogP contribution in [0.25, 0.3) is 0 Å². The molecule has 0 bridgehead atoms. The van der Waals surface area contributed by atoms with Crippen molar-refractivity contribution in [1.29, 1.82) is 0 Å². The maximum atomic E-state index is 12.0. The summed E-state index contributed by atoms with van der Waals surface area (Å²) in [7, 11) is 0. The molecule has 0 saturated carbocycles. The van der Waals surface area contributed by atoms with Gasteiger partial charge in [-0.25, -0.2) is 0 Å². The first kappa shape index (κ1) is 13.3. The molecule has 19 heavy (non-hydrogen) atoms. The Balaban J connectivity index is 1.91.